The van der Waals surface area contributed by atoms with Crippen LogP contribution < -0.4 is 11.1 Å². The molecular weight excluding hydrogens is 293 g/mol. The molecule has 3 nitrogen and oxygen atoms in total. The summed E-state index contributed by atoms with van der Waals surface area (Å²) in [7, 11) is 0. The van der Waals surface area contributed by atoms with E-state index < -0.39 is 34.6 Å². The number of carbonyl (C=O) groups is 1. The van der Waals surface area contributed by atoms with E-state index >= 15 is 0 Å². The van der Waals surface area contributed by atoms with Crippen molar-refractivity contribution in [1.82, 2.24) is 0 Å². The zero-order chi connectivity index (χ0) is 14.9. The van der Waals surface area contributed by atoms with Crippen LogP contribution in [0, 0.1) is 17.5 Å². The number of benzene rings is 2. The van der Waals surface area contributed by atoms with Gasteiger partial charge in [-0.25, -0.2) is 13.2 Å². The second kappa shape index (κ2) is 5.42. The summed E-state index contributed by atoms with van der Waals surface area (Å²) >= 11 is 5.70. The van der Waals surface area contributed by atoms with Crippen molar-refractivity contribution in [1.29, 1.82) is 0 Å². The van der Waals surface area contributed by atoms with Crippen molar-refractivity contribution in [3.63, 3.8) is 0 Å². The normalized spacial score (nSPS) is 10.4. The first kappa shape index (κ1) is 14.2. The van der Waals surface area contributed by atoms with Crippen LogP contribution in [0.25, 0.3) is 0 Å². The van der Waals surface area contributed by atoms with E-state index in [1.54, 1.807) is 0 Å². The molecule has 0 aliphatic rings. The number of nitrogen functional groups attached to an aromatic ring is 1. The lowest BCUT2D eigenvalue weighted by atomic mass is 10.1. The molecule has 0 aliphatic carbocycles. The lowest BCUT2D eigenvalue weighted by Gasteiger charge is -2.10. The molecule has 2 rings (SSSR count). The number of carbonyl (C=O) groups excluding carboxylic acids is 1. The van der Waals surface area contributed by atoms with Crippen LogP contribution in [0.5, 0.6) is 0 Å². The Morgan fingerprint density at radius 2 is 1.80 bits per heavy atom. The maximum absolute atomic E-state index is 13.7. The molecule has 0 saturated heterocycles. The van der Waals surface area contributed by atoms with Crippen LogP contribution >= 0.6 is 11.6 Å². The summed E-state index contributed by atoms with van der Waals surface area (Å²) in [6.45, 7) is 0. The monoisotopic (exact) mass is 300 g/mol. The molecular formula is C13H8ClF3N2O. The molecule has 7 heteroatoms. The van der Waals surface area contributed by atoms with Gasteiger partial charge in [-0.2, -0.15) is 0 Å². The van der Waals surface area contributed by atoms with Crippen LogP contribution in [-0.2, 0) is 0 Å². The van der Waals surface area contributed by atoms with E-state index in [0.717, 1.165) is 18.2 Å². The molecule has 0 fully saturated rings. The van der Waals surface area contributed by atoms with Crippen molar-refractivity contribution in [3.8, 4) is 0 Å². The summed E-state index contributed by atoms with van der Waals surface area (Å²) < 4.78 is 40.7. The van der Waals surface area contributed by atoms with Gasteiger partial charge in [0.05, 0.1) is 16.4 Å². The van der Waals surface area contributed by atoms with Gasteiger partial charge in [-0.05, 0) is 24.3 Å². The highest BCUT2D eigenvalue weighted by atomic mass is 35.5. The first-order valence-corrected chi connectivity index (χ1v) is 5.78. The first-order valence-electron chi connectivity index (χ1n) is 5.40. The Morgan fingerprint density at radius 3 is 2.45 bits per heavy atom. The van der Waals surface area contributed by atoms with Crippen molar-refractivity contribution in [2.45, 2.75) is 0 Å². The fraction of sp³-hybridized carbons (Fsp3) is 0. The number of halogens is 4. The van der Waals surface area contributed by atoms with E-state index in [-0.39, 0.29) is 10.7 Å². The summed E-state index contributed by atoms with van der Waals surface area (Å²) in [5, 5.41) is 1.93. The topological polar surface area (TPSA) is 55.1 Å². The summed E-state index contributed by atoms with van der Waals surface area (Å²) in [5.41, 5.74) is 3.61. The maximum Gasteiger partial charge on any atom is 0.261 e. The Labute approximate surface area is 117 Å². The highest BCUT2D eigenvalue weighted by molar-refractivity contribution is 6.34. The van der Waals surface area contributed by atoms with Gasteiger partial charge in [0.25, 0.3) is 5.91 Å². The smallest absolute Gasteiger partial charge is 0.261 e. The van der Waals surface area contributed by atoms with Gasteiger partial charge < -0.3 is 11.1 Å². The summed E-state index contributed by atoms with van der Waals surface area (Å²) in [5.74, 6) is -4.33. The molecule has 0 bridgehead atoms. The fourth-order valence-electron chi connectivity index (χ4n) is 1.57. The molecule has 104 valence electrons. The van der Waals surface area contributed by atoms with Crippen LogP contribution in [0.3, 0.4) is 0 Å². The number of rotatable bonds is 2. The quantitative estimate of drug-likeness (QED) is 0.833. The summed E-state index contributed by atoms with van der Waals surface area (Å²) in [6.07, 6.45) is 0. The number of nitrogens with one attached hydrogen (secondary N) is 1. The minimum atomic E-state index is -1.21. The van der Waals surface area contributed by atoms with Gasteiger partial charge in [-0.3, -0.25) is 4.79 Å². The first-order chi connectivity index (χ1) is 9.41. The number of hydrogen-bond acceptors (Lipinski definition) is 2. The third kappa shape index (κ3) is 2.55. The number of amides is 1. The largest absolute Gasteiger partial charge is 0.396 e. The lowest BCUT2D eigenvalue weighted by Crippen LogP contribution is -2.18. The average molecular weight is 301 g/mol. The van der Waals surface area contributed by atoms with Crippen LogP contribution in [0.4, 0.5) is 24.5 Å². The zero-order valence-corrected chi connectivity index (χ0v) is 10.6. The molecule has 0 unspecified atom stereocenters. The summed E-state index contributed by atoms with van der Waals surface area (Å²) in [6, 6.07) is 5.53. The number of anilines is 2. The van der Waals surface area contributed by atoms with Crippen molar-refractivity contribution >= 4 is 28.9 Å². The Bertz CT molecular complexity index is 671. The van der Waals surface area contributed by atoms with Gasteiger partial charge in [0.1, 0.15) is 17.2 Å². The minimum absolute atomic E-state index is 0.0944. The molecule has 0 heterocycles. The SMILES string of the molecule is Nc1ccc(F)c(C(=O)Nc2c(F)cccc2Cl)c1F. The minimum Gasteiger partial charge on any atom is -0.396 e. The molecule has 2 aromatic carbocycles. The number of hydrogen-bond donors (Lipinski definition) is 2. The van der Waals surface area contributed by atoms with E-state index in [2.05, 4.69) is 0 Å². The number of nitrogens with two attached hydrogens (primary N) is 1. The van der Waals surface area contributed by atoms with Gasteiger partial charge >= 0.3 is 0 Å². The van der Waals surface area contributed by atoms with Crippen molar-refractivity contribution in [3.05, 3.63) is 58.4 Å². The van der Waals surface area contributed by atoms with Crippen LogP contribution in [0.1, 0.15) is 10.4 Å². The standard InChI is InChI=1S/C13H8ClF3N2O/c14-6-2-1-3-8(16)12(6)19-13(20)10-7(15)4-5-9(18)11(10)17/h1-5H,18H2,(H,19,20). The Hall–Kier alpha value is -2.21. The molecule has 0 atom stereocenters. The summed E-state index contributed by atoms with van der Waals surface area (Å²) in [4.78, 5) is 11.8. The highest BCUT2D eigenvalue weighted by Crippen LogP contribution is 2.26. The van der Waals surface area contributed by atoms with Crippen LogP contribution in [0.2, 0.25) is 5.02 Å². The van der Waals surface area contributed by atoms with Gasteiger partial charge in [0.15, 0.2) is 5.82 Å². The van der Waals surface area contributed by atoms with Crippen LogP contribution in [-0.4, -0.2) is 5.91 Å². The Kier molecular flexibility index (Phi) is 3.85. The number of para-hydroxylation sites is 1. The molecule has 1 amide bonds. The predicted molar refractivity (Wildman–Crippen MR) is 70.1 cm³/mol. The van der Waals surface area contributed by atoms with Crippen molar-refractivity contribution < 1.29 is 18.0 Å². The van der Waals surface area contributed by atoms with Crippen molar-refractivity contribution in [2.75, 3.05) is 11.1 Å². The second-order valence-electron chi connectivity index (χ2n) is 3.88. The molecule has 20 heavy (non-hydrogen) atoms. The molecule has 2 aromatic rings. The highest BCUT2D eigenvalue weighted by Gasteiger charge is 2.21. The zero-order valence-electron chi connectivity index (χ0n) is 9.88. The van der Waals surface area contributed by atoms with E-state index in [1.807, 2.05) is 5.32 Å². The molecule has 0 aliphatic heterocycles. The second-order valence-corrected chi connectivity index (χ2v) is 4.28. The lowest BCUT2D eigenvalue weighted by molar-refractivity contribution is 0.101. The van der Waals surface area contributed by atoms with E-state index in [1.165, 1.54) is 12.1 Å². The van der Waals surface area contributed by atoms with Gasteiger partial charge in [-0.1, -0.05) is 17.7 Å². The van der Waals surface area contributed by atoms with E-state index in [0.29, 0.717) is 0 Å². The van der Waals surface area contributed by atoms with Gasteiger partial charge in [0.2, 0.25) is 0 Å². The molecule has 0 radical (unpaired) electrons. The van der Waals surface area contributed by atoms with E-state index in [9.17, 15) is 18.0 Å². The average Bonchev–Trinajstić information content (AvgIpc) is 2.39. The van der Waals surface area contributed by atoms with Crippen LogP contribution in [0.15, 0.2) is 30.3 Å². The van der Waals surface area contributed by atoms with E-state index in [4.69, 9.17) is 17.3 Å². The maximum atomic E-state index is 13.7. The third-order valence-electron chi connectivity index (χ3n) is 2.55. The van der Waals surface area contributed by atoms with Gasteiger partial charge in [-0.15, -0.1) is 0 Å². The fourth-order valence-corrected chi connectivity index (χ4v) is 1.78. The molecule has 3 N–H and O–H groups in total. The molecule has 0 saturated carbocycles. The Morgan fingerprint density at radius 1 is 1.10 bits per heavy atom. The molecule has 0 aromatic heterocycles. The predicted octanol–water partition coefficient (Wildman–Crippen LogP) is 3.59. The third-order valence-corrected chi connectivity index (χ3v) is 2.86. The molecule has 0 spiro atoms. The van der Waals surface area contributed by atoms with Crippen molar-refractivity contribution in [2.24, 2.45) is 0 Å². The Balaban J connectivity index is 2.41. The van der Waals surface area contributed by atoms with Gasteiger partial charge in [0, 0.05) is 0 Å².